The summed E-state index contributed by atoms with van der Waals surface area (Å²) in [6.45, 7) is 10.4. The Bertz CT molecular complexity index is 1330. The summed E-state index contributed by atoms with van der Waals surface area (Å²) < 4.78 is 7.97. The van der Waals surface area contributed by atoms with Crippen LogP contribution in [-0.2, 0) is 24.2 Å². The van der Waals surface area contributed by atoms with Crippen LogP contribution < -0.4 is 10.1 Å². The van der Waals surface area contributed by atoms with Crippen molar-refractivity contribution < 1.29 is 9.53 Å². The number of carbonyl (C=O) groups is 1. The number of nitrogens with one attached hydrogen (secondary N) is 1. The number of hydrogen-bond acceptors (Lipinski definition) is 7. The zero-order chi connectivity index (χ0) is 25.8. The summed E-state index contributed by atoms with van der Waals surface area (Å²) in [5, 5.41) is 23.2. The van der Waals surface area contributed by atoms with E-state index in [-0.39, 0.29) is 17.8 Å². The van der Waals surface area contributed by atoms with Crippen LogP contribution in [0.25, 0.3) is 0 Å². The molecule has 1 aliphatic carbocycles. The largest absolute Gasteiger partial charge is 0.483 e. The molecule has 0 saturated carbocycles. The molecular weight excluding hydrogens is 514 g/mol. The number of ether oxygens (including phenoxy) is 1. The fourth-order valence-corrected chi connectivity index (χ4v) is 6.46. The molecule has 36 heavy (non-hydrogen) atoms. The first-order valence-corrected chi connectivity index (χ1v) is 13.9. The van der Waals surface area contributed by atoms with Crippen LogP contribution in [-0.4, -0.2) is 26.4 Å². The third-order valence-electron chi connectivity index (χ3n) is 6.07. The molecule has 1 N–H and O–H groups in total. The zero-order valence-electron chi connectivity index (χ0n) is 20.5. The van der Waals surface area contributed by atoms with Gasteiger partial charge in [-0.3, -0.25) is 9.36 Å². The number of fused-ring (bicyclic) bond motifs is 1. The molecule has 1 aliphatic rings. The molecule has 2 unspecified atom stereocenters. The second-order valence-corrected chi connectivity index (χ2v) is 11.4. The molecule has 0 bridgehead atoms. The van der Waals surface area contributed by atoms with E-state index in [9.17, 15) is 10.1 Å². The quantitative estimate of drug-likeness (QED) is 0.250. The maximum absolute atomic E-state index is 12.8. The number of allylic oxidation sites excluding steroid dienone is 1. The summed E-state index contributed by atoms with van der Waals surface area (Å²) in [5.41, 5.74) is 2.64. The molecule has 1 aromatic carbocycles. The van der Waals surface area contributed by atoms with Crippen LogP contribution in [0.3, 0.4) is 0 Å². The van der Waals surface area contributed by atoms with Crippen molar-refractivity contribution in [2.75, 3.05) is 11.1 Å². The number of nitrogens with zero attached hydrogens (tertiary/aromatic N) is 4. The molecule has 0 aliphatic heterocycles. The van der Waals surface area contributed by atoms with E-state index < -0.39 is 0 Å². The first-order valence-electron chi connectivity index (χ1n) is 11.7. The first-order chi connectivity index (χ1) is 17.3. The number of rotatable bonds is 9. The third-order valence-corrected chi connectivity index (χ3v) is 8.63. The van der Waals surface area contributed by atoms with Crippen LogP contribution >= 0.6 is 34.7 Å². The number of thioether (sulfide) groups is 1. The lowest BCUT2D eigenvalue weighted by Crippen LogP contribution is -2.15. The Morgan fingerprint density at radius 2 is 2.31 bits per heavy atom. The average Bonchev–Trinajstić information content (AvgIpc) is 3.40. The molecule has 0 radical (unpaired) electrons. The highest BCUT2D eigenvalue weighted by molar-refractivity contribution is 7.99. The number of nitriles is 1. The molecule has 3 aromatic rings. The van der Waals surface area contributed by atoms with Gasteiger partial charge in [0.25, 0.3) is 0 Å². The van der Waals surface area contributed by atoms with Gasteiger partial charge in [-0.25, -0.2) is 0 Å². The summed E-state index contributed by atoms with van der Waals surface area (Å²) in [6.07, 6.45) is 4.31. The number of halogens is 1. The summed E-state index contributed by atoms with van der Waals surface area (Å²) in [4.78, 5) is 14.0. The van der Waals surface area contributed by atoms with Crippen LogP contribution in [0.5, 0.6) is 5.75 Å². The number of anilines is 1. The molecule has 0 saturated heterocycles. The van der Waals surface area contributed by atoms with E-state index in [1.807, 2.05) is 30.5 Å². The van der Waals surface area contributed by atoms with Gasteiger partial charge >= 0.3 is 0 Å². The minimum Gasteiger partial charge on any atom is -0.483 e. The maximum atomic E-state index is 12.8. The predicted octanol–water partition coefficient (Wildman–Crippen LogP) is 6.35. The Morgan fingerprint density at radius 1 is 1.50 bits per heavy atom. The molecule has 7 nitrogen and oxygen atoms in total. The lowest BCUT2D eigenvalue weighted by molar-refractivity contribution is -0.113. The van der Waals surface area contributed by atoms with Gasteiger partial charge in [0, 0.05) is 16.4 Å². The standard InChI is InChI=1S/C26H28ClN5O2S2/c1-5-10-32-24(17(4)34-18-7-9-21(27)16(3)12-18)30-31-26(32)35-14-23(33)29-25-20(13-28)19-8-6-15(2)11-22(19)36-25/h5,7,9,12,15,17H,1,6,8,10-11,14H2,2-4H3,(H,29,33). The molecule has 1 amide bonds. The van der Waals surface area contributed by atoms with Gasteiger partial charge in [-0.05, 0) is 68.4 Å². The first kappa shape index (κ1) is 26.3. The van der Waals surface area contributed by atoms with Gasteiger partial charge < -0.3 is 10.1 Å². The second-order valence-electron chi connectivity index (χ2n) is 8.92. The highest BCUT2D eigenvalue weighted by Gasteiger charge is 2.25. The van der Waals surface area contributed by atoms with Crippen LogP contribution in [0.4, 0.5) is 5.00 Å². The summed E-state index contributed by atoms with van der Waals surface area (Å²) in [5.74, 6) is 1.89. The van der Waals surface area contributed by atoms with E-state index in [2.05, 4.69) is 35.1 Å². The van der Waals surface area contributed by atoms with Crippen molar-refractivity contribution >= 4 is 45.6 Å². The number of carbonyl (C=O) groups excluding carboxylic acids is 1. The van der Waals surface area contributed by atoms with E-state index in [0.717, 1.165) is 30.4 Å². The van der Waals surface area contributed by atoms with Gasteiger partial charge in [0.15, 0.2) is 17.1 Å². The minimum absolute atomic E-state index is 0.144. The molecule has 0 fully saturated rings. The zero-order valence-corrected chi connectivity index (χ0v) is 22.9. The van der Waals surface area contributed by atoms with Crippen molar-refractivity contribution in [3.05, 3.63) is 63.3 Å². The summed E-state index contributed by atoms with van der Waals surface area (Å²) in [6, 6.07) is 7.80. The lowest BCUT2D eigenvalue weighted by atomic mass is 9.89. The van der Waals surface area contributed by atoms with Gasteiger partial charge in [-0.2, -0.15) is 5.26 Å². The van der Waals surface area contributed by atoms with E-state index in [4.69, 9.17) is 16.3 Å². The van der Waals surface area contributed by atoms with Gasteiger partial charge in [0.1, 0.15) is 16.8 Å². The minimum atomic E-state index is -0.376. The number of aromatic nitrogens is 3. The van der Waals surface area contributed by atoms with Crippen LogP contribution in [0.1, 0.15) is 53.8 Å². The lowest BCUT2D eigenvalue weighted by Gasteiger charge is -2.17. The fourth-order valence-electron chi connectivity index (χ4n) is 4.21. The number of amides is 1. The van der Waals surface area contributed by atoms with Gasteiger partial charge in [0.05, 0.1) is 11.3 Å². The van der Waals surface area contributed by atoms with Crippen molar-refractivity contribution in [1.29, 1.82) is 5.26 Å². The fraction of sp³-hybridized carbons (Fsp3) is 0.385. The smallest absolute Gasteiger partial charge is 0.235 e. The summed E-state index contributed by atoms with van der Waals surface area (Å²) >= 11 is 8.94. The highest BCUT2D eigenvalue weighted by atomic mass is 35.5. The molecular formula is C26H28ClN5O2S2. The summed E-state index contributed by atoms with van der Waals surface area (Å²) in [7, 11) is 0. The normalized spacial score (nSPS) is 15.6. The molecule has 2 heterocycles. The maximum Gasteiger partial charge on any atom is 0.235 e. The van der Waals surface area contributed by atoms with Crippen molar-refractivity contribution in [2.24, 2.45) is 5.92 Å². The van der Waals surface area contributed by atoms with Gasteiger partial charge in [-0.1, -0.05) is 36.4 Å². The van der Waals surface area contributed by atoms with Gasteiger partial charge in [-0.15, -0.1) is 28.1 Å². The Hall–Kier alpha value is -2.80. The van der Waals surface area contributed by atoms with E-state index in [1.165, 1.54) is 28.0 Å². The van der Waals surface area contributed by atoms with Crippen LogP contribution in [0, 0.1) is 24.2 Å². The second kappa shape index (κ2) is 11.5. The van der Waals surface area contributed by atoms with E-state index in [0.29, 0.717) is 44.8 Å². The molecule has 0 spiro atoms. The SMILES string of the molecule is C=CCn1c(SCC(=O)Nc2sc3c(c2C#N)CCC(C)C3)nnc1C(C)Oc1ccc(Cl)c(C)c1. The molecule has 10 heteroatoms. The number of benzene rings is 1. The van der Waals surface area contributed by atoms with Crippen LogP contribution in [0.15, 0.2) is 36.0 Å². The molecule has 4 rings (SSSR count). The van der Waals surface area contributed by atoms with Crippen molar-refractivity contribution in [1.82, 2.24) is 14.8 Å². The van der Waals surface area contributed by atoms with Crippen LogP contribution in [0.2, 0.25) is 5.02 Å². The molecule has 2 atom stereocenters. The number of aryl methyl sites for hydroxylation is 1. The Morgan fingerprint density at radius 3 is 3.03 bits per heavy atom. The average molecular weight is 542 g/mol. The Balaban J connectivity index is 1.44. The monoisotopic (exact) mass is 541 g/mol. The van der Waals surface area contributed by atoms with Crippen molar-refractivity contribution in [2.45, 2.75) is 57.8 Å². The number of thiophene rings is 1. The highest BCUT2D eigenvalue weighted by Crippen LogP contribution is 2.39. The molecule has 2 aromatic heterocycles. The van der Waals surface area contributed by atoms with Crippen molar-refractivity contribution in [3.8, 4) is 11.8 Å². The molecule has 188 valence electrons. The van der Waals surface area contributed by atoms with E-state index >= 15 is 0 Å². The predicted molar refractivity (Wildman–Crippen MR) is 145 cm³/mol. The number of hydrogen-bond donors (Lipinski definition) is 1. The Labute approximate surface area is 224 Å². The van der Waals surface area contributed by atoms with E-state index in [1.54, 1.807) is 12.1 Å². The topological polar surface area (TPSA) is 92.8 Å². The van der Waals surface area contributed by atoms with Gasteiger partial charge in [0.2, 0.25) is 5.91 Å². The third kappa shape index (κ3) is 5.77. The van der Waals surface area contributed by atoms with Crippen molar-refractivity contribution in [3.63, 3.8) is 0 Å². The Kier molecular flexibility index (Phi) is 8.39.